The van der Waals surface area contributed by atoms with Crippen LogP contribution in [0.1, 0.15) is 48.6 Å². The van der Waals surface area contributed by atoms with Crippen molar-refractivity contribution in [3.05, 3.63) is 50.4 Å². The van der Waals surface area contributed by atoms with E-state index in [0.29, 0.717) is 0 Å². The number of halogens is 1. The predicted molar refractivity (Wildman–Crippen MR) is 87.6 cm³/mol. The highest BCUT2D eigenvalue weighted by molar-refractivity contribution is 7.09. The van der Waals surface area contributed by atoms with Gasteiger partial charge in [-0.05, 0) is 24.1 Å². The monoisotopic (exact) mass is 308 g/mol. The minimum atomic E-state index is -0.109. The summed E-state index contributed by atoms with van der Waals surface area (Å²) in [5.74, 6) is 0. The maximum atomic E-state index is 6.28. The van der Waals surface area contributed by atoms with E-state index in [1.807, 2.05) is 25.1 Å². The Hall–Kier alpha value is -0.900. The molecule has 0 spiro atoms. The molecule has 0 radical (unpaired) electrons. The molecule has 0 aliphatic rings. The van der Waals surface area contributed by atoms with Crippen LogP contribution in [0.15, 0.2) is 23.6 Å². The van der Waals surface area contributed by atoms with Crippen molar-refractivity contribution in [3.8, 4) is 0 Å². The van der Waals surface area contributed by atoms with Crippen LogP contribution >= 0.6 is 22.9 Å². The highest BCUT2D eigenvalue weighted by Gasteiger charge is 2.19. The molecule has 0 aliphatic carbocycles. The first-order valence-electron chi connectivity index (χ1n) is 6.74. The van der Waals surface area contributed by atoms with Crippen LogP contribution in [0.25, 0.3) is 0 Å². The molecule has 0 bridgehead atoms. The minimum Gasteiger partial charge on any atom is -0.324 e. The molecule has 0 fully saturated rings. The van der Waals surface area contributed by atoms with Gasteiger partial charge in [-0.3, -0.25) is 0 Å². The van der Waals surface area contributed by atoms with E-state index >= 15 is 0 Å². The van der Waals surface area contributed by atoms with Crippen molar-refractivity contribution >= 4 is 22.9 Å². The average molecular weight is 309 g/mol. The van der Waals surface area contributed by atoms with Crippen LogP contribution in [-0.2, 0) is 11.8 Å². The molecule has 2 N–H and O–H groups in total. The summed E-state index contributed by atoms with van der Waals surface area (Å²) in [6, 6.07) is 5.91. The summed E-state index contributed by atoms with van der Waals surface area (Å²) in [5, 5.41) is 3.93. The van der Waals surface area contributed by atoms with Crippen LogP contribution in [0.5, 0.6) is 0 Å². The molecule has 0 saturated heterocycles. The third-order valence-corrected chi connectivity index (χ3v) is 4.47. The SMILES string of the molecule is Cc1ccc(C(N)Cc2nc(C(C)(C)C)cs2)c(Cl)c1. The molecule has 1 aromatic heterocycles. The number of benzene rings is 1. The highest BCUT2D eigenvalue weighted by Crippen LogP contribution is 2.28. The van der Waals surface area contributed by atoms with Crippen molar-refractivity contribution in [1.29, 1.82) is 0 Å². The zero-order valence-electron chi connectivity index (χ0n) is 12.4. The number of thiazole rings is 1. The van der Waals surface area contributed by atoms with Crippen molar-refractivity contribution in [1.82, 2.24) is 4.98 Å². The van der Waals surface area contributed by atoms with Gasteiger partial charge >= 0.3 is 0 Å². The third-order valence-electron chi connectivity index (χ3n) is 3.27. The second kappa shape index (κ2) is 5.84. The van der Waals surface area contributed by atoms with Gasteiger partial charge < -0.3 is 5.73 Å². The van der Waals surface area contributed by atoms with Crippen LogP contribution in [-0.4, -0.2) is 4.98 Å². The topological polar surface area (TPSA) is 38.9 Å². The Morgan fingerprint density at radius 1 is 1.35 bits per heavy atom. The van der Waals surface area contributed by atoms with Gasteiger partial charge in [0, 0.05) is 28.3 Å². The maximum absolute atomic E-state index is 6.28. The lowest BCUT2D eigenvalue weighted by atomic mass is 9.93. The van der Waals surface area contributed by atoms with Crippen molar-refractivity contribution < 1.29 is 0 Å². The summed E-state index contributed by atoms with van der Waals surface area (Å²) in [7, 11) is 0. The summed E-state index contributed by atoms with van der Waals surface area (Å²) < 4.78 is 0. The molecule has 0 saturated carbocycles. The van der Waals surface area contributed by atoms with E-state index in [0.717, 1.165) is 33.3 Å². The summed E-state index contributed by atoms with van der Waals surface area (Å²) in [6.07, 6.45) is 0.726. The van der Waals surface area contributed by atoms with Gasteiger partial charge in [-0.15, -0.1) is 11.3 Å². The summed E-state index contributed by atoms with van der Waals surface area (Å²) in [5.41, 5.74) is 9.63. The minimum absolute atomic E-state index is 0.0837. The third kappa shape index (κ3) is 3.60. The normalized spacial score (nSPS) is 13.5. The van der Waals surface area contributed by atoms with E-state index in [2.05, 4.69) is 31.1 Å². The molecule has 2 rings (SSSR count). The van der Waals surface area contributed by atoms with E-state index in [1.54, 1.807) is 11.3 Å². The fourth-order valence-electron chi connectivity index (χ4n) is 1.98. The van der Waals surface area contributed by atoms with Gasteiger partial charge in [0.25, 0.3) is 0 Å². The number of nitrogens with zero attached hydrogens (tertiary/aromatic N) is 1. The Bertz CT molecular complexity index is 599. The van der Waals surface area contributed by atoms with Crippen molar-refractivity contribution in [2.45, 2.75) is 45.6 Å². The molecule has 1 atom stereocenters. The number of hydrogen-bond donors (Lipinski definition) is 1. The van der Waals surface area contributed by atoms with Crippen LogP contribution in [0.3, 0.4) is 0 Å². The first-order valence-corrected chi connectivity index (χ1v) is 7.99. The number of rotatable bonds is 3. The fraction of sp³-hybridized carbons (Fsp3) is 0.438. The van der Waals surface area contributed by atoms with Crippen molar-refractivity contribution in [2.75, 3.05) is 0 Å². The Morgan fingerprint density at radius 2 is 2.05 bits per heavy atom. The molecular weight excluding hydrogens is 288 g/mol. The largest absolute Gasteiger partial charge is 0.324 e. The van der Waals surface area contributed by atoms with Gasteiger partial charge in [-0.2, -0.15) is 0 Å². The Kier molecular flexibility index (Phi) is 4.52. The van der Waals surface area contributed by atoms with E-state index in [1.165, 1.54) is 0 Å². The molecule has 20 heavy (non-hydrogen) atoms. The predicted octanol–water partition coefficient (Wildman–Crippen LogP) is 4.64. The van der Waals surface area contributed by atoms with Crippen LogP contribution in [0, 0.1) is 6.92 Å². The van der Waals surface area contributed by atoms with Gasteiger partial charge in [0.1, 0.15) is 0 Å². The quantitative estimate of drug-likeness (QED) is 0.896. The molecule has 2 nitrogen and oxygen atoms in total. The van der Waals surface area contributed by atoms with Crippen LogP contribution in [0.2, 0.25) is 5.02 Å². The Balaban J connectivity index is 2.15. The highest BCUT2D eigenvalue weighted by atomic mass is 35.5. The summed E-state index contributed by atoms with van der Waals surface area (Å²) >= 11 is 7.95. The van der Waals surface area contributed by atoms with Gasteiger partial charge in [-0.25, -0.2) is 4.98 Å². The van der Waals surface area contributed by atoms with Gasteiger partial charge in [-0.1, -0.05) is 44.5 Å². The molecule has 1 heterocycles. The zero-order valence-corrected chi connectivity index (χ0v) is 14.0. The summed E-state index contributed by atoms with van der Waals surface area (Å²) in [4.78, 5) is 4.69. The van der Waals surface area contributed by atoms with E-state index in [9.17, 15) is 0 Å². The van der Waals surface area contributed by atoms with Crippen molar-refractivity contribution in [3.63, 3.8) is 0 Å². The molecule has 0 amide bonds. The molecule has 108 valence electrons. The molecule has 0 aliphatic heterocycles. The van der Waals surface area contributed by atoms with Gasteiger partial charge in [0.05, 0.1) is 10.7 Å². The van der Waals surface area contributed by atoms with Gasteiger partial charge in [0.15, 0.2) is 0 Å². The van der Waals surface area contributed by atoms with E-state index < -0.39 is 0 Å². The standard InChI is InChI=1S/C16H21ClN2S/c1-10-5-6-11(12(17)7-10)13(18)8-15-19-14(9-20-15)16(2,3)4/h5-7,9,13H,8,18H2,1-4H3. The first-order chi connectivity index (χ1) is 9.27. The molecule has 1 aromatic carbocycles. The average Bonchev–Trinajstić information content (AvgIpc) is 2.76. The Morgan fingerprint density at radius 3 is 2.60 bits per heavy atom. The molecule has 2 aromatic rings. The smallest absolute Gasteiger partial charge is 0.0947 e. The van der Waals surface area contributed by atoms with E-state index in [4.69, 9.17) is 17.3 Å². The number of nitrogens with two attached hydrogens (primary N) is 1. The second-order valence-corrected chi connectivity index (χ2v) is 7.56. The van der Waals surface area contributed by atoms with Crippen LogP contribution < -0.4 is 5.73 Å². The molecular formula is C16H21ClN2S. The lowest BCUT2D eigenvalue weighted by Gasteiger charge is -2.15. The van der Waals surface area contributed by atoms with Crippen LogP contribution in [0.4, 0.5) is 0 Å². The number of hydrogen-bond acceptors (Lipinski definition) is 3. The molecule has 1 unspecified atom stereocenters. The lowest BCUT2D eigenvalue weighted by molar-refractivity contribution is 0.569. The Labute approximate surface area is 130 Å². The molecule has 4 heteroatoms. The zero-order chi connectivity index (χ0) is 14.9. The number of aromatic nitrogens is 1. The fourth-order valence-corrected chi connectivity index (χ4v) is 3.44. The lowest BCUT2D eigenvalue weighted by Crippen LogP contribution is -2.15. The van der Waals surface area contributed by atoms with Crippen molar-refractivity contribution in [2.24, 2.45) is 5.73 Å². The van der Waals surface area contributed by atoms with E-state index in [-0.39, 0.29) is 11.5 Å². The summed E-state index contributed by atoms with van der Waals surface area (Å²) in [6.45, 7) is 8.53. The second-order valence-electron chi connectivity index (χ2n) is 6.21. The first kappa shape index (κ1) is 15.5. The number of aryl methyl sites for hydroxylation is 1. The van der Waals surface area contributed by atoms with Gasteiger partial charge in [0.2, 0.25) is 0 Å². The maximum Gasteiger partial charge on any atom is 0.0947 e.